The molecule has 0 saturated carbocycles. The third-order valence-corrected chi connectivity index (χ3v) is 4.52. The number of aliphatic hydroxyl groups is 1. The fourth-order valence-corrected chi connectivity index (χ4v) is 3.06. The number of hydrogen-bond donors (Lipinski definition) is 3. The van der Waals surface area contributed by atoms with E-state index in [4.69, 9.17) is 15.2 Å². The van der Waals surface area contributed by atoms with Crippen molar-refractivity contribution in [1.82, 2.24) is 4.98 Å². The molecule has 1 heterocycles. The summed E-state index contributed by atoms with van der Waals surface area (Å²) in [5.41, 5.74) is 5.12. The van der Waals surface area contributed by atoms with Gasteiger partial charge < -0.3 is 25.3 Å². The smallest absolute Gasteiger partial charge is 0.269 e. The van der Waals surface area contributed by atoms with Gasteiger partial charge in [-0.2, -0.15) is 0 Å². The van der Waals surface area contributed by atoms with E-state index < -0.39 is 16.6 Å². The van der Waals surface area contributed by atoms with Crippen LogP contribution in [0.2, 0.25) is 0 Å². The van der Waals surface area contributed by atoms with Crippen LogP contribution in [0.3, 0.4) is 0 Å². The normalized spacial score (nSPS) is 14.1. The van der Waals surface area contributed by atoms with Crippen molar-refractivity contribution in [3.63, 3.8) is 0 Å². The topological polar surface area (TPSA) is 141 Å². The second-order valence-corrected chi connectivity index (χ2v) is 7.39. The Labute approximate surface area is 172 Å². The van der Waals surface area contributed by atoms with Gasteiger partial charge in [-0.15, -0.1) is 0 Å². The molecule has 0 aliphatic rings. The Morgan fingerprint density at radius 3 is 2.50 bits per heavy atom. The molecule has 2 unspecified atom stereocenters. The van der Waals surface area contributed by atoms with E-state index >= 15 is 0 Å². The van der Waals surface area contributed by atoms with Gasteiger partial charge >= 0.3 is 0 Å². The quantitative estimate of drug-likeness (QED) is 0.361. The van der Waals surface area contributed by atoms with Gasteiger partial charge in [0.1, 0.15) is 24.7 Å². The molecule has 0 spiro atoms. The Balaban J connectivity index is 1.55. The summed E-state index contributed by atoms with van der Waals surface area (Å²) in [6, 6.07) is 12.7. The number of ether oxygens (including phenoxy) is 2. The largest absolute Gasteiger partial charge is 0.492 e. The highest BCUT2D eigenvalue weighted by molar-refractivity contribution is 5.86. The number of fused-ring (bicyclic) bond motifs is 1. The number of non-ortho nitro benzene ring substituents is 1. The zero-order chi connectivity index (χ0) is 21.7. The molecule has 0 amide bonds. The molecule has 0 bridgehead atoms. The van der Waals surface area contributed by atoms with Crippen molar-refractivity contribution in [3.05, 3.63) is 75.2 Å². The van der Waals surface area contributed by atoms with Crippen LogP contribution in [0.5, 0.6) is 11.5 Å². The van der Waals surface area contributed by atoms with Gasteiger partial charge in [0.2, 0.25) is 0 Å². The Kier molecular flexibility index (Phi) is 6.34. The second kappa shape index (κ2) is 8.93. The highest BCUT2D eigenvalue weighted by Crippen LogP contribution is 2.23. The Morgan fingerprint density at radius 1 is 1.17 bits per heavy atom. The molecule has 9 heteroatoms. The average Bonchev–Trinajstić information content (AvgIpc) is 2.72. The monoisotopic (exact) mass is 413 g/mol. The van der Waals surface area contributed by atoms with Crippen LogP contribution < -0.4 is 20.8 Å². The molecule has 1 aromatic heterocycles. The lowest BCUT2D eigenvalue weighted by Crippen LogP contribution is -2.46. The fourth-order valence-electron chi connectivity index (χ4n) is 3.06. The van der Waals surface area contributed by atoms with Crippen molar-refractivity contribution in [1.29, 1.82) is 0 Å². The van der Waals surface area contributed by atoms with Crippen molar-refractivity contribution >= 4 is 16.5 Å². The van der Waals surface area contributed by atoms with Crippen molar-refractivity contribution in [2.75, 3.05) is 13.2 Å². The van der Waals surface area contributed by atoms with Gasteiger partial charge in [-0.05, 0) is 31.5 Å². The first kappa shape index (κ1) is 21.3. The van der Waals surface area contributed by atoms with E-state index in [-0.39, 0.29) is 30.9 Å². The highest BCUT2D eigenvalue weighted by atomic mass is 16.6. The van der Waals surface area contributed by atoms with Crippen LogP contribution in [0.15, 0.2) is 59.5 Å². The van der Waals surface area contributed by atoms with Gasteiger partial charge in [0.15, 0.2) is 0 Å². The number of nitro groups is 1. The zero-order valence-electron chi connectivity index (χ0n) is 16.4. The molecular formula is C21H23N3O6. The molecule has 9 nitrogen and oxygen atoms in total. The predicted molar refractivity (Wildman–Crippen MR) is 112 cm³/mol. The summed E-state index contributed by atoms with van der Waals surface area (Å²) >= 11 is 0. The SMILES string of the molecule is CC(N)(COc1ccc([N+](=O)[O-])cc1)CC(O)COc1c[nH]c(=O)c2ccccc12. The number of aromatic amines is 1. The lowest BCUT2D eigenvalue weighted by atomic mass is 9.97. The number of benzene rings is 2. The summed E-state index contributed by atoms with van der Waals surface area (Å²) in [5.74, 6) is 0.910. The number of aromatic nitrogens is 1. The Bertz CT molecular complexity index is 1080. The molecule has 3 aromatic rings. The molecule has 2 atom stereocenters. The van der Waals surface area contributed by atoms with Crippen LogP contribution >= 0.6 is 0 Å². The molecule has 0 fully saturated rings. The van der Waals surface area contributed by atoms with Gasteiger partial charge in [0.05, 0.1) is 16.4 Å². The first-order chi connectivity index (χ1) is 14.2. The fraction of sp³-hybridized carbons (Fsp3) is 0.286. The summed E-state index contributed by atoms with van der Waals surface area (Å²) < 4.78 is 11.3. The average molecular weight is 413 g/mol. The van der Waals surface area contributed by atoms with E-state index in [9.17, 15) is 20.0 Å². The molecule has 3 rings (SSSR count). The van der Waals surface area contributed by atoms with Crippen molar-refractivity contribution < 1.29 is 19.5 Å². The van der Waals surface area contributed by atoms with Crippen LogP contribution in [0.1, 0.15) is 13.3 Å². The Morgan fingerprint density at radius 2 is 1.83 bits per heavy atom. The molecule has 4 N–H and O–H groups in total. The number of H-pyrrole nitrogens is 1. The maximum Gasteiger partial charge on any atom is 0.269 e. The molecule has 158 valence electrons. The minimum absolute atomic E-state index is 0.0135. The first-order valence-corrected chi connectivity index (χ1v) is 9.33. The third-order valence-electron chi connectivity index (χ3n) is 4.52. The molecule has 0 saturated heterocycles. The maximum absolute atomic E-state index is 11.9. The maximum atomic E-state index is 11.9. The van der Waals surface area contributed by atoms with Crippen molar-refractivity contribution in [3.8, 4) is 11.5 Å². The van der Waals surface area contributed by atoms with Crippen molar-refractivity contribution in [2.45, 2.75) is 25.0 Å². The number of hydrogen-bond acceptors (Lipinski definition) is 7. The summed E-state index contributed by atoms with van der Waals surface area (Å²) in [7, 11) is 0. The second-order valence-electron chi connectivity index (χ2n) is 7.39. The highest BCUT2D eigenvalue weighted by Gasteiger charge is 2.24. The van der Waals surface area contributed by atoms with E-state index in [1.165, 1.54) is 30.5 Å². The third kappa shape index (κ3) is 5.34. The van der Waals surface area contributed by atoms with Gasteiger partial charge in [-0.25, -0.2) is 0 Å². The van der Waals surface area contributed by atoms with Gasteiger partial charge in [-0.1, -0.05) is 18.2 Å². The zero-order valence-corrected chi connectivity index (χ0v) is 16.4. The number of aliphatic hydroxyl groups excluding tert-OH is 1. The lowest BCUT2D eigenvalue weighted by molar-refractivity contribution is -0.384. The number of nitrogens with one attached hydrogen (secondary N) is 1. The van der Waals surface area contributed by atoms with Crippen molar-refractivity contribution in [2.24, 2.45) is 5.73 Å². The van der Waals surface area contributed by atoms with E-state index in [0.717, 1.165) is 0 Å². The number of rotatable bonds is 9. The predicted octanol–water partition coefficient (Wildman–Crippen LogP) is 2.36. The van der Waals surface area contributed by atoms with E-state index in [0.29, 0.717) is 22.3 Å². The first-order valence-electron chi connectivity index (χ1n) is 9.33. The minimum atomic E-state index is -0.869. The minimum Gasteiger partial charge on any atom is -0.492 e. The van der Waals surface area contributed by atoms with E-state index in [1.54, 1.807) is 31.2 Å². The summed E-state index contributed by atoms with van der Waals surface area (Å²) in [6.45, 7) is 1.82. The van der Waals surface area contributed by atoms with Crippen LogP contribution in [0.25, 0.3) is 10.8 Å². The molecule has 2 aromatic carbocycles. The molecular weight excluding hydrogens is 390 g/mol. The standard InChI is InChI=1S/C21H23N3O6/c1-21(22,13-30-16-8-6-14(7-9-16)24(27)28)10-15(25)12-29-19-11-23-20(26)18-5-3-2-4-17(18)19/h2-9,11,15,25H,10,12-13,22H2,1H3,(H,23,26). The summed E-state index contributed by atoms with van der Waals surface area (Å²) in [6.07, 6.45) is 0.795. The van der Waals surface area contributed by atoms with Crippen LogP contribution in [0, 0.1) is 10.1 Å². The number of nitrogens with zero attached hydrogens (tertiary/aromatic N) is 1. The van der Waals surface area contributed by atoms with Crippen LogP contribution in [0.4, 0.5) is 5.69 Å². The molecule has 30 heavy (non-hydrogen) atoms. The van der Waals surface area contributed by atoms with Gasteiger partial charge in [-0.3, -0.25) is 14.9 Å². The molecule has 0 radical (unpaired) electrons. The van der Waals surface area contributed by atoms with Crippen LogP contribution in [-0.4, -0.2) is 39.9 Å². The lowest BCUT2D eigenvalue weighted by Gasteiger charge is -2.27. The van der Waals surface area contributed by atoms with Gasteiger partial charge in [0, 0.05) is 29.3 Å². The molecule has 0 aliphatic carbocycles. The summed E-state index contributed by atoms with van der Waals surface area (Å²) in [5, 5.41) is 22.2. The Hall–Kier alpha value is -3.43. The number of nitrogens with two attached hydrogens (primary N) is 1. The van der Waals surface area contributed by atoms with Crippen LogP contribution in [-0.2, 0) is 0 Å². The summed E-state index contributed by atoms with van der Waals surface area (Å²) in [4.78, 5) is 24.7. The number of pyridine rings is 1. The van der Waals surface area contributed by atoms with E-state index in [1.807, 2.05) is 0 Å². The van der Waals surface area contributed by atoms with Gasteiger partial charge in [0.25, 0.3) is 11.2 Å². The molecule has 0 aliphatic heterocycles. The van der Waals surface area contributed by atoms with E-state index in [2.05, 4.69) is 4.98 Å². The number of nitro benzene ring substituents is 1.